The summed E-state index contributed by atoms with van der Waals surface area (Å²) in [4.78, 5) is 4.26. The van der Waals surface area contributed by atoms with E-state index < -0.39 is 0 Å². The molecule has 0 aliphatic carbocycles. The van der Waals surface area contributed by atoms with Crippen LogP contribution in [-0.4, -0.2) is 17.3 Å². The van der Waals surface area contributed by atoms with Crippen LogP contribution in [0.15, 0.2) is 53.7 Å². The average molecular weight is 274 g/mol. The van der Waals surface area contributed by atoms with E-state index in [-0.39, 0.29) is 0 Å². The van der Waals surface area contributed by atoms with Crippen molar-refractivity contribution in [2.75, 3.05) is 12.4 Å². The molecule has 0 aliphatic heterocycles. The fourth-order valence-corrected chi connectivity index (χ4v) is 2.36. The lowest BCUT2D eigenvalue weighted by Crippen LogP contribution is -2.00. The maximum absolute atomic E-state index is 5.67. The number of nitrogens with two attached hydrogens (primary N) is 1. The van der Waals surface area contributed by atoms with Crippen LogP contribution in [0.5, 0.6) is 5.75 Å². The van der Waals surface area contributed by atoms with Gasteiger partial charge in [0.05, 0.1) is 11.6 Å². The first-order valence-corrected chi connectivity index (χ1v) is 7.32. The Labute approximate surface area is 118 Å². The molecule has 1 heterocycles. The van der Waals surface area contributed by atoms with Crippen molar-refractivity contribution in [1.82, 2.24) is 4.98 Å². The quantitative estimate of drug-likeness (QED) is 0.622. The molecule has 2 aromatic rings. The van der Waals surface area contributed by atoms with E-state index in [1.807, 2.05) is 48.7 Å². The molecule has 1 aromatic carbocycles. The van der Waals surface area contributed by atoms with Gasteiger partial charge in [0.2, 0.25) is 0 Å². The Morgan fingerprint density at radius 3 is 2.63 bits per heavy atom. The lowest BCUT2D eigenvalue weighted by atomic mass is 10.2. The average Bonchev–Trinajstić information content (AvgIpc) is 2.49. The van der Waals surface area contributed by atoms with E-state index in [0.29, 0.717) is 6.54 Å². The third kappa shape index (κ3) is 4.93. The zero-order valence-electron chi connectivity index (χ0n) is 10.8. The number of pyridine rings is 1. The van der Waals surface area contributed by atoms with Crippen LogP contribution in [0.1, 0.15) is 12.0 Å². The molecule has 1 aromatic heterocycles. The predicted molar refractivity (Wildman–Crippen MR) is 79.4 cm³/mol. The number of thioether (sulfide) groups is 1. The van der Waals surface area contributed by atoms with Crippen LogP contribution < -0.4 is 10.5 Å². The SMILES string of the molecule is NCc1ccc(OCCCSc2ccccn2)cc1. The van der Waals surface area contributed by atoms with Crippen molar-refractivity contribution in [1.29, 1.82) is 0 Å². The normalized spacial score (nSPS) is 10.4. The third-order valence-corrected chi connectivity index (χ3v) is 3.63. The summed E-state index contributed by atoms with van der Waals surface area (Å²) >= 11 is 1.75. The Morgan fingerprint density at radius 2 is 1.95 bits per heavy atom. The second-order valence-corrected chi connectivity index (χ2v) is 5.18. The molecule has 0 atom stereocenters. The summed E-state index contributed by atoms with van der Waals surface area (Å²) in [6.45, 7) is 1.29. The van der Waals surface area contributed by atoms with E-state index in [1.54, 1.807) is 11.8 Å². The smallest absolute Gasteiger partial charge is 0.119 e. The zero-order chi connectivity index (χ0) is 13.3. The van der Waals surface area contributed by atoms with Crippen molar-refractivity contribution < 1.29 is 4.74 Å². The lowest BCUT2D eigenvalue weighted by Gasteiger charge is -2.06. The molecule has 0 aliphatic rings. The molecule has 3 nitrogen and oxygen atoms in total. The summed E-state index contributed by atoms with van der Waals surface area (Å²) < 4.78 is 5.67. The van der Waals surface area contributed by atoms with Gasteiger partial charge < -0.3 is 10.5 Å². The molecule has 100 valence electrons. The minimum Gasteiger partial charge on any atom is -0.494 e. The maximum atomic E-state index is 5.67. The molecule has 0 amide bonds. The fourth-order valence-electron chi connectivity index (χ4n) is 1.58. The number of aromatic nitrogens is 1. The summed E-state index contributed by atoms with van der Waals surface area (Å²) in [7, 11) is 0. The predicted octanol–water partition coefficient (Wildman–Crippen LogP) is 3.10. The fraction of sp³-hybridized carbons (Fsp3) is 0.267. The highest BCUT2D eigenvalue weighted by Gasteiger charge is 1.96. The standard InChI is InChI=1S/C15H18N2OS/c16-12-13-5-7-14(8-6-13)18-10-3-11-19-15-4-1-2-9-17-15/h1-2,4-9H,3,10-12,16H2. The molecule has 2 rings (SSSR count). The molecule has 0 saturated carbocycles. The lowest BCUT2D eigenvalue weighted by molar-refractivity contribution is 0.318. The van der Waals surface area contributed by atoms with Gasteiger partial charge in [-0.3, -0.25) is 0 Å². The minimum atomic E-state index is 0.570. The molecular weight excluding hydrogens is 256 g/mol. The van der Waals surface area contributed by atoms with Gasteiger partial charge in [0, 0.05) is 18.5 Å². The van der Waals surface area contributed by atoms with Crippen LogP contribution in [0, 0.1) is 0 Å². The molecule has 0 spiro atoms. The van der Waals surface area contributed by atoms with Crippen molar-refractivity contribution in [2.45, 2.75) is 18.0 Å². The highest BCUT2D eigenvalue weighted by atomic mass is 32.2. The summed E-state index contributed by atoms with van der Waals surface area (Å²) in [6.07, 6.45) is 2.82. The van der Waals surface area contributed by atoms with Crippen LogP contribution in [0.2, 0.25) is 0 Å². The number of ether oxygens (including phenoxy) is 1. The van der Waals surface area contributed by atoms with Gasteiger partial charge in [0.1, 0.15) is 5.75 Å². The van der Waals surface area contributed by atoms with E-state index in [2.05, 4.69) is 4.98 Å². The van der Waals surface area contributed by atoms with Gasteiger partial charge in [0.15, 0.2) is 0 Å². The Kier molecular flexibility index (Phi) is 5.72. The molecular formula is C15H18N2OS. The second kappa shape index (κ2) is 7.81. The van der Waals surface area contributed by atoms with Gasteiger partial charge in [-0.1, -0.05) is 18.2 Å². The van der Waals surface area contributed by atoms with E-state index in [9.17, 15) is 0 Å². The van der Waals surface area contributed by atoms with Crippen LogP contribution in [0.4, 0.5) is 0 Å². The first kappa shape index (κ1) is 13.9. The van der Waals surface area contributed by atoms with Crippen LogP contribution >= 0.6 is 11.8 Å². The van der Waals surface area contributed by atoms with Crippen molar-refractivity contribution in [3.8, 4) is 5.75 Å². The Morgan fingerprint density at radius 1 is 1.11 bits per heavy atom. The van der Waals surface area contributed by atoms with E-state index in [4.69, 9.17) is 10.5 Å². The highest BCUT2D eigenvalue weighted by Crippen LogP contribution is 2.16. The van der Waals surface area contributed by atoms with Crippen molar-refractivity contribution in [3.63, 3.8) is 0 Å². The van der Waals surface area contributed by atoms with Gasteiger partial charge in [-0.15, -0.1) is 11.8 Å². The molecule has 4 heteroatoms. The van der Waals surface area contributed by atoms with Gasteiger partial charge in [0.25, 0.3) is 0 Å². The summed E-state index contributed by atoms with van der Waals surface area (Å²) in [6, 6.07) is 13.9. The molecule has 0 fully saturated rings. The topological polar surface area (TPSA) is 48.1 Å². The number of hydrogen-bond donors (Lipinski definition) is 1. The summed E-state index contributed by atoms with van der Waals surface area (Å²) in [5.41, 5.74) is 6.67. The summed E-state index contributed by atoms with van der Waals surface area (Å²) in [5, 5.41) is 1.06. The van der Waals surface area contributed by atoms with Crippen molar-refractivity contribution >= 4 is 11.8 Å². The summed E-state index contributed by atoms with van der Waals surface area (Å²) in [5.74, 6) is 1.91. The highest BCUT2D eigenvalue weighted by molar-refractivity contribution is 7.99. The maximum Gasteiger partial charge on any atom is 0.119 e. The second-order valence-electron chi connectivity index (χ2n) is 4.07. The number of hydrogen-bond acceptors (Lipinski definition) is 4. The largest absolute Gasteiger partial charge is 0.494 e. The Balaban J connectivity index is 1.63. The monoisotopic (exact) mass is 274 g/mol. The van der Waals surface area contributed by atoms with Gasteiger partial charge in [-0.05, 0) is 36.2 Å². The number of benzene rings is 1. The third-order valence-electron chi connectivity index (χ3n) is 2.60. The first-order chi connectivity index (χ1) is 9.38. The first-order valence-electron chi connectivity index (χ1n) is 6.34. The van der Waals surface area contributed by atoms with Crippen molar-refractivity contribution in [3.05, 3.63) is 54.2 Å². The molecule has 19 heavy (non-hydrogen) atoms. The Bertz CT molecular complexity index is 473. The van der Waals surface area contributed by atoms with Crippen LogP contribution in [0.3, 0.4) is 0 Å². The van der Waals surface area contributed by atoms with Gasteiger partial charge in [-0.2, -0.15) is 0 Å². The molecule has 2 N–H and O–H groups in total. The molecule has 0 saturated heterocycles. The number of rotatable bonds is 7. The number of nitrogens with zero attached hydrogens (tertiary/aromatic N) is 1. The zero-order valence-corrected chi connectivity index (χ0v) is 11.6. The van der Waals surface area contributed by atoms with Crippen molar-refractivity contribution in [2.24, 2.45) is 5.73 Å². The van der Waals surface area contributed by atoms with E-state index in [1.165, 1.54) is 0 Å². The van der Waals surface area contributed by atoms with Gasteiger partial charge >= 0.3 is 0 Å². The molecule has 0 radical (unpaired) electrons. The minimum absolute atomic E-state index is 0.570. The molecule has 0 unspecified atom stereocenters. The van der Waals surface area contributed by atoms with Crippen LogP contribution in [-0.2, 0) is 6.54 Å². The molecule has 0 bridgehead atoms. The van der Waals surface area contributed by atoms with Gasteiger partial charge in [-0.25, -0.2) is 4.98 Å². The van der Waals surface area contributed by atoms with E-state index >= 15 is 0 Å². The van der Waals surface area contributed by atoms with Crippen LogP contribution in [0.25, 0.3) is 0 Å². The Hall–Kier alpha value is -1.52. The van der Waals surface area contributed by atoms with E-state index in [0.717, 1.165) is 35.1 Å².